The maximum Gasteiger partial charge on any atom is 0.115 e. The number of nitrogens with zero attached hydrogens (tertiary/aromatic N) is 2. The van der Waals surface area contributed by atoms with E-state index < -0.39 is 6.10 Å². The summed E-state index contributed by atoms with van der Waals surface area (Å²) in [6.45, 7) is 0. The van der Waals surface area contributed by atoms with E-state index in [4.69, 9.17) is 0 Å². The third-order valence-corrected chi connectivity index (χ3v) is 3.24. The summed E-state index contributed by atoms with van der Waals surface area (Å²) in [4.78, 5) is 7.96. The van der Waals surface area contributed by atoms with E-state index >= 15 is 0 Å². The number of aliphatic hydroxyl groups excluding tert-OH is 1. The summed E-state index contributed by atoms with van der Waals surface area (Å²) >= 11 is 0. The van der Waals surface area contributed by atoms with Gasteiger partial charge in [-0.2, -0.15) is 0 Å². The number of aromatic nitrogens is 2. The number of hydrogen-bond acceptors (Lipinski definition) is 3. The molecule has 0 fully saturated rings. The highest BCUT2D eigenvalue weighted by Crippen LogP contribution is 2.23. The molecule has 3 nitrogen and oxygen atoms in total. The smallest absolute Gasteiger partial charge is 0.115 e. The van der Waals surface area contributed by atoms with Crippen LogP contribution in [0.25, 0.3) is 10.8 Å². The number of fused-ring (bicyclic) bond motifs is 1. The molecular formula is C16H14N2O. The maximum absolute atomic E-state index is 10.2. The molecule has 94 valence electrons. The van der Waals surface area contributed by atoms with E-state index in [9.17, 15) is 5.11 Å². The molecule has 19 heavy (non-hydrogen) atoms. The van der Waals surface area contributed by atoms with Crippen molar-refractivity contribution in [3.05, 3.63) is 72.3 Å². The van der Waals surface area contributed by atoms with Crippen molar-refractivity contribution in [3.8, 4) is 0 Å². The van der Waals surface area contributed by atoms with Crippen molar-refractivity contribution in [1.29, 1.82) is 0 Å². The first-order chi connectivity index (χ1) is 9.34. The minimum Gasteiger partial charge on any atom is -0.386 e. The van der Waals surface area contributed by atoms with Crippen molar-refractivity contribution in [2.75, 3.05) is 0 Å². The number of aliphatic hydroxyl groups is 1. The molecule has 1 aromatic heterocycles. The molecule has 0 saturated carbocycles. The van der Waals surface area contributed by atoms with Gasteiger partial charge < -0.3 is 5.11 Å². The first-order valence-corrected chi connectivity index (χ1v) is 6.25. The highest BCUT2D eigenvalue weighted by Gasteiger charge is 2.11. The van der Waals surface area contributed by atoms with E-state index in [1.165, 1.54) is 17.1 Å². The Labute approximate surface area is 111 Å². The number of rotatable bonds is 3. The minimum atomic E-state index is -0.603. The van der Waals surface area contributed by atoms with E-state index in [1.54, 1.807) is 12.3 Å². The lowest BCUT2D eigenvalue weighted by molar-refractivity contribution is 0.174. The van der Waals surface area contributed by atoms with Crippen LogP contribution < -0.4 is 0 Å². The van der Waals surface area contributed by atoms with Gasteiger partial charge in [0.25, 0.3) is 0 Å². The summed E-state index contributed by atoms with van der Waals surface area (Å²) in [5.74, 6) is 0. The van der Waals surface area contributed by atoms with Crippen molar-refractivity contribution in [2.45, 2.75) is 12.5 Å². The highest BCUT2D eigenvalue weighted by atomic mass is 16.3. The number of hydrogen-bond donors (Lipinski definition) is 1. The van der Waals surface area contributed by atoms with Crippen LogP contribution in [0.2, 0.25) is 0 Å². The van der Waals surface area contributed by atoms with Gasteiger partial charge in [-0.1, -0.05) is 42.5 Å². The minimum absolute atomic E-state index is 0.554. The lowest BCUT2D eigenvalue weighted by Gasteiger charge is -2.11. The molecule has 0 bridgehead atoms. The third kappa shape index (κ3) is 2.46. The molecule has 3 heteroatoms. The normalized spacial score (nSPS) is 12.5. The van der Waals surface area contributed by atoms with Crippen molar-refractivity contribution < 1.29 is 5.11 Å². The highest BCUT2D eigenvalue weighted by molar-refractivity contribution is 5.85. The van der Waals surface area contributed by atoms with E-state index in [0.29, 0.717) is 12.1 Å². The molecule has 3 rings (SSSR count). The predicted molar refractivity (Wildman–Crippen MR) is 74.6 cm³/mol. The molecular weight excluding hydrogens is 236 g/mol. The Bertz CT molecular complexity index is 677. The monoisotopic (exact) mass is 250 g/mol. The van der Waals surface area contributed by atoms with E-state index in [1.807, 2.05) is 24.3 Å². The molecule has 0 amide bonds. The van der Waals surface area contributed by atoms with Crippen LogP contribution in [0.15, 0.2) is 61.1 Å². The molecule has 1 atom stereocenters. The van der Waals surface area contributed by atoms with Gasteiger partial charge in [-0.05, 0) is 22.4 Å². The SMILES string of the molecule is OC(Cc1cccc2ccccc12)c1ccncn1. The Morgan fingerprint density at radius 3 is 2.68 bits per heavy atom. The third-order valence-electron chi connectivity index (χ3n) is 3.24. The molecule has 0 spiro atoms. The van der Waals surface area contributed by atoms with Crippen LogP contribution in [0.5, 0.6) is 0 Å². The first kappa shape index (κ1) is 11.8. The fourth-order valence-electron chi connectivity index (χ4n) is 2.28. The lowest BCUT2D eigenvalue weighted by Crippen LogP contribution is -2.04. The summed E-state index contributed by atoms with van der Waals surface area (Å²) in [6.07, 6.45) is 3.06. The molecule has 0 saturated heterocycles. The van der Waals surface area contributed by atoms with Crippen LogP contribution in [-0.2, 0) is 6.42 Å². The Balaban J connectivity index is 1.94. The van der Waals surface area contributed by atoms with Crippen LogP contribution in [0.4, 0.5) is 0 Å². The summed E-state index contributed by atoms with van der Waals surface area (Å²) in [5, 5.41) is 12.6. The van der Waals surface area contributed by atoms with Gasteiger partial charge in [-0.25, -0.2) is 9.97 Å². The largest absolute Gasteiger partial charge is 0.386 e. The van der Waals surface area contributed by atoms with E-state index in [-0.39, 0.29) is 0 Å². The van der Waals surface area contributed by atoms with Gasteiger partial charge in [0.1, 0.15) is 12.4 Å². The second-order valence-electron chi connectivity index (χ2n) is 4.49. The van der Waals surface area contributed by atoms with Gasteiger partial charge in [-0.15, -0.1) is 0 Å². The Morgan fingerprint density at radius 2 is 1.84 bits per heavy atom. The molecule has 0 radical (unpaired) electrons. The lowest BCUT2D eigenvalue weighted by atomic mass is 9.99. The molecule has 1 N–H and O–H groups in total. The molecule has 0 aliphatic carbocycles. The maximum atomic E-state index is 10.2. The zero-order valence-corrected chi connectivity index (χ0v) is 10.4. The zero-order chi connectivity index (χ0) is 13.1. The van der Waals surface area contributed by atoms with Gasteiger partial charge >= 0.3 is 0 Å². The molecule has 1 heterocycles. The Morgan fingerprint density at radius 1 is 1.00 bits per heavy atom. The van der Waals surface area contributed by atoms with Crippen LogP contribution in [0, 0.1) is 0 Å². The quantitative estimate of drug-likeness (QED) is 0.777. The average Bonchev–Trinajstić information content (AvgIpc) is 2.48. The molecule has 0 aliphatic heterocycles. The van der Waals surface area contributed by atoms with Crippen molar-refractivity contribution >= 4 is 10.8 Å². The van der Waals surface area contributed by atoms with Crippen LogP contribution in [0.3, 0.4) is 0 Å². The average molecular weight is 250 g/mol. The summed E-state index contributed by atoms with van der Waals surface area (Å²) in [7, 11) is 0. The second-order valence-corrected chi connectivity index (χ2v) is 4.49. The van der Waals surface area contributed by atoms with Gasteiger partial charge in [0.05, 0.1) is 5.69 Å². The van der Waals surface area contributed by atoms with Crippen LogP contribution in [0.1, 0.15) is 17.4 Å². The Kier molecular flexibility index (Phi) is 3.21. The molecule has 1 unspecified atom stereocenters. The fourth-order valence-corrected chi connectivity index (χ4v) is 2.28. The standard InChI is InChI=1S/C16H14N2O/c19-16(15-8-9-17-11-18-15)10-13-6-3-5-12-4-1-2-7-14(12)13/h1-9,11,16,19H,10H2. The molecule has 3 aromatic rings. The van der Waals surface area contributed by atoms with Crippen molar-refractivity contribution in [1.82, 2.24) is 9.97 Å². The van der Waals surface area contributed by atoms with Gasteiger partial charge in [0, 0.05) is 12.6 Å². The molecule has 2 aromatic carbocycles. The van der Waals surface area contributed by atoms with Gasteiger partial charge in [0.15, 0.2) is 0 Å². The van der Waals surface area contributed by atoms with E-state index in [0.717, 1.165) is 5.56 Å². The van der Waals surface area contributed by atoms with Crippen molar-refractivity contribution in [2.24, 2.45) is 0 Å². The van der Waals surface area contributed by atoms with Crippen molar-refractivity contribution in [3.63, 3.8) is 0 Å². The van der Waals surface area contributed by atoms with Gasteiger partial charge in [-0.3, -0.25) is 0 Å². The molecule has 0 aliphatic rings. The summed E-state index contributed by atoms with van der Waals surface area (Å²) in [5.41, 5.74) is 1.78. The van der Waals surface area contributed by atoms with E-state index in [2.05, 4.69) is 28.2 Å². The fraction of sp³-hybridized carbons (Fsp3) is 0.125. The van der Waals surface area contributed by atoms with Crippen LogP contribution >= 0.6 is 0 Å². The predicted octanol–water partition coefficient (Wildman–Crippen LogP) is 2.91. The summed E-state index contributed by atoms with van der Waals surface area (Å²) < 4.78 is 0. The van der Waals surface area contributed by atoms with Gasteiger partial charge in [0.2, 0.25) is 0 Å². The Hall–Kier alpha value is -2.26. The van der Waals surface area contributed by atoms with Crippen LogP contribution in [-0.4, -0.2) is 15.1 Å². The second kappa shape index (κ2) is 5.16. The zero-order valence-electron chi connectivity index (χ0n) is 10.4. The first-order valence-electron chi connectivity index (χ1n) is 6.25. The number of benzene rings is 2. The topological polar surface area (TPSA) is 46.0 Å². The summed E-state index contributed by atoms with van der Waals surface area (Å²) in [6, 6.07) is 16.1.